The number of hydrogen-bond acceptors (Lipinski definition) is 5. The van der Waals surface area contributed by atoms with Crippen molar-refractivity contribution in [2.24, 2.45) is 0 Å². The van der Waals surface area contributed by atoms with E-state index >= 15 is 0 Å². The third-order valence-electron chi connectivity index (χ3n) is 3.82. The fourth-order valence-corrected chi connectivity index (χ4v) is 2.53. The number of carbonyl (C=O) groups is 1. The maximum absolute atomic E-state index is 12.2. The van der Waals surface area contributed by atoms with Crippen LogP contribution in [0.5, 0.6) is 0 Å². The summed E-state index contributed by atoms with van der Waals surface area (Å²) < 4.78 is 5.23. The molecule has 7 nitrogen and oxygen atoms in total. The van der Waals surface area contributed by atoms with Crippen molar-refractivity contribution >= 4 is 11.6 Å². The van der Waals surface area contributed by atoms with E-state index in [1.54, 1.807) is 17.9 Å². The van der Waals surface area contributed by atoms with E-state index < -0.39 is 0 Å². The van der Waals surface area contributed by atoms with Gasteiger partial charge in [0.2, 0.25) is 5.91 Å². The Morgan fingerprint density at radius 3 is 2.73 bits per heavy atom. The Morgan fingerprint density at radius 2 is 2.09 bits per heavy atom. The van der Waals surface area contributed by atoms with E-state index in [4.69, 9.17) is 4.74 Å². The first-order chi connectivity index (χ1) is 10.5. The van der Waals surface area contributed by atoms with E-state index in [1.807, 2.05) is 18.0 Å². The molecule has 1 saturated heterocycles. The van der Waals surface area contributed by atoms with Crippen LogP contribution in [0.15, 0.2) is 18.2 Å². The van der Waals surface area contributed by atoms with Crippen molar-refractivity contribution in [3.8, 4) is 0 Å². The summed E-state index contributed by atoms with van der Waals surface area (Å²) in [7, 11) is 1.84. The summed E-state index contributed by atoms with van der Waals surface area (Å²) in [6.45, 7) is 4.96. The van der Waals surface area contributed by atoms with Gasteiger partial charge in [-0.3, -0.25) is 19.8 Å². The summed E-state index contributed by atoms with van der Waals surface area (Å²) in [4.78, 5) is 26.4. The summed E-state index contributed by atoms with van der Waals surface area (Å²) >= 11 is 0. The highest BCUT2D eigenvalue weighted by Gasteiger charge is 2.19. The number of ether oxygens (including phenoxy) is 1. The summed E-state index contributed by atoms with van der Waals surface area (Å²) in [5.41, 5.74) is 1.63. The lowest BCUT2D eigenvalue weighted by Gasteiger charge is -2.28. The van der Waals surface area contributed by atoms with Crippen molar-refractivity contribution in [2.45, 2.75) is 13.5 Å². The van der Waals surface area contributed by atoms with E-state index in [-0.39, 0.29) is 16.5 Å². The summed E-state index contributed by atoms with van der Waals surface area (Å²) in [6.07, 6.45) is 0. The molecule has 0 N–H and O–H groups in total. The lowest BCUT2D eigenvalue weighted by atomic mass is 10.1. The minimum atomic E-state index is -0.377. The number of rotatable bonds is 5. The second kappa shape index (κ2) is 7.33. The van der Waals surface area contributed by atoms with Crippen LogP contribution in [-0.4, -0.2) is 60.5 Å². The number of hydrogen-bond donors (Lipinski definition) is 0. The average molecular weight is 307 g/mol. The quantitative estimate of drug-likeness (QED) is 0.603. The van der Waals surface area contributed by atoms with Crippen molar-refractivity contribution in [1.82, 2.24) is 9.80 Å². The largest absolute Gasteiger partial charge is 0.378 e. The van der Waals surface area contributed by atoms with E-state index in [9.17, 15) is 14.9 Å². The number of nitro groups is 1. The van der Waals surface area contributed by atoms with E-state index in [0.29, 0.717) is 45.0 Å². The molecule has 1 amide bonds. The van der Waals surface area contributed by atoms with Crippen LogP contribution in [0.3, 0.4) is 0 Å². The van der Waals surface area contributed by atoms with Crippen molar-refractivity contribution in [3.05, 3.63) is 39.4 Å². The Balaban J connectivity index is 1.97. The molecule has 0 unspecified atom stereocenters. The molecule has 22 heavy (non-hydrogen) atoms. The zero-order chi connectivity index (χ0) is 16.1. The predicted octanol–water partition coefficient (Wildman–Crippen LogP) is 1.19. The molecule has 1 aliphatic rings. The minimum absolute atomic E-state index is 0.0638. The first kappa shape index (κ1) is 16.4. The van der Waals surface area contributed by atoms with E-state index in [2.05, 4.69) is 0 Å². The zero-order valence-electron chi connectivity index (χ0n) is 12.9. The van der Waals surface area contributed by atoms with Crippen molar-refractivity contribution in [1.29, 1.82) is 0 Å². The fourth-order valence-electron chi connectivity index (χ4n) is 2.53. The molecular weight excluding hydrogens is 286 g/mol. The Hall–Kier alpha value is -1.99. The van der Waals surface area contributed by atoms with Crippen LogP contribution >= 0.6 is 0 Å². The highest BCUT2D eigenvalue weighted by atomic mass is 16.6. The van der Waals surface area contributed by atoms with Crippen LogP contribution < -0.4 is 0 Å². The second-order valence-electron chi connectivity index (χ2n) is 5.48. The van der Waals surface area contributed by atoms with Crippen LogP contribution in [0.4, 0.5) is 5.69 Å². The minimum Gasteiger partial charge on any atom is -0.378 e. The number of amides is 1. The van der Waals surface area contributed by atoms with E-state index in [0.717, 1.165) is 5.56 Å². The molecule has 0 radical (unpaired) electrons. The molecule has 0 spiro atoms. The number of nitro benzene ring substituents is 1. The van der Waals surface area contributed by atoms with E-state index in [1.165, 1.54) is 6.07 Å². The molecule has 120 valence electrons. The van der Waals surface area contributed by atoms with Crippen LogP contribution in [0.1, 0.15) is 11.1 Å². The van der Waals surface area contributed by atoms with Crippen LogP contribution in [0.2, 0.25) is 0 Å². The molecule has 1 aromatic carbocycles. The van der Waals surface area contributed by atoms with Gasteiger partial charge < -0.3 is 9.64 Å². The lowest BCUT2D eigenvalue weighted by molar-refractivity contribution is -0.385. The molecule has 1 aliphatic heterocycles. The first-order valence-corrected chi connectivity index (χ1v) is 7.26. The number of nitrogens with zero attached hydrogens (tertiary/aromatic N) is 3. The van der Waals surface area contributed by atoms with Gasteiger partial charge in [-0.05, 0) is 19.5 Å². The SMILES string of the molecule is Cc1c(CN(C)CC(=O)N2CCOCC2)cccc1[N+](=O)[O-]. The van der Waals surface area contributed by atoms with Gasteiger partial charge in [-0.1, -0.05) is 12.1 Å². The third kappa shape index (κ3) is 4.02. The number of likely N-dealkylation sites (N-methyl/N-ethyl adjacent to an activating group) is 1. The number of morpholine rings is 1. The molecule has 1 heterocycles. The van der Waals surface area contributed by atoms with Crippen molar-refractivity contribution < 1.29 is 14.5 Å². The molecule has 0 saturated carbocycles. The smallest absolute Gasteiger partial charge is 0.272 e. The molecule has 0 atom stereocenters. The molecule has 0 aliphatic carbocycles. The average Bonchev–Trinajstić information content (AvgIpc) is 2.50. The van der Waals surface area contributed by atoms with Gasteiger partial charge in [-0.15, -0.1) is 0 Å². The highest BCUT2D eigenvalue weighted by Crippen LogP contribution is 2.21. The monoisotopic (exact) mass is 307 g/mol. The third-order valence-corrected chi connectivity index (χ3v) is 3.82. The summed E-state index contributed by atoms with van der Waals surface area (Å²) in [6, 6.07) is 5.04. The van der Waals surface area contributed by atoms with Gasteiger partial charge in [-0.2, -0.15) is 0 Å². The summed E-state index contributed by atoms with van der Waals surface area (Å²) in [5, 5.41) is 11.0. The van der Waals surface area contributed by atoms with Crippen LogP contribution in [0, 0.1) is 17.0 Å². The standard InChI is InChI=1S/C15H21N3O4/c1-12-13(4-3-5-14(12)18(20)21)10-16(2)11-15(19)17-6-8-22-9-7-17/h3-5H,6-11H2,1-2H3. The Kier molecular flexibility index (Phi) is 5.46. The number of benzene rings is 1. The zero-order valence-corrected chi connectivity index (χ0v) is 12.9. The molecule has 0 aromatic heterocycles. The molecular formula is C15H21N3O4. The Bertz CT molecular complexity index is 556. The highest BCUT2D eigenvalue weighted by molar-refractivity contribution is 5.78. The van der Waals surface area contributed by atoms with Crippen molar-refractivity contribution in [3.63, 3.8) is 0 Å². The van der Waals surface area contributed by atoms with Gasteiger partial charge >= 0.3 is 0 Å². The maximum Gasteiger partial charge on any atom is 0.272 e. The fraction of sp³-hybridized carbons (Fsp3) is 0.533. The van der Waals surface area contributed by atoms with Gasteiger partial charge in [-0.25, -0.2) is 0 Å². The second-order valence-corrected chi connectivity index (χ2v) is 5.48. The van der Waals surface area contributed by atoms with Gasteiger partial charge in [0.1, 0.15) is 0 Å². The first-order valence-electron chi connectivity index (χ1n) is 7.26. The van der Waals surface area contributed by atoms with Gasteiger partial charge in [0.15, 0.2) is 0 Å². The number of carbonyl (C=O) groups excluding carboxylic acids is 1. The van der Waals surface area contributed by atoms with Gasteiger partial charge in [0.05, 0.1) is 24.7 Å². The van der Waals surface area contributed by atoms with Crippen molar-refractivity contribution in [2.75, 3.05) is 39.9 Å². The molecule has 7 heteroatoms. The Morgan fingerprint density at radius 1 is 1.41 bits per heavy atom. The summed E-state index contributed by atoms with van der Waals surface area (Å²) in [5.74, 6) is 0.0638. The van der Waals surface area contributed by atoms with Crippen LogP contribution in [0.25, 0.3) is 0 Å². The lowest BCUT2D eigenvalue weighted by Crippen LogP contribution is -2.44. The molecule has 2 rings (SSSR count). The molecule has 0 bridgehead atoms. The molecule has 1 aromatic rings. The maximum atomic E-state index is 12.2. The Labute approximate surface area is 129 Å². The molecule has 1 fully saturated rings. The van der Waals surface area contributed by atoms with Gasteiger partial charge in [0.25, 0.3) is 5.69 Å². The van der Waals surface area contributed by atoms with Gasteiger partial charge in [0, 0.05) is 31.3 Å². The predicted molar refractivity (Wildman–Crippen MR) is 81.6 cm³/mol. The van der Waals surface area contributed by atoms with Crippen LogP contribution in [-0.2, 0) is 16.1 Å². The normalized spacial score (nSPS) is 15.1. The topological polar surface area (TPSA) is 75.9 Å².